The number of rotatable bonds is 8. The lowest BCUT2D eigenvalue weighted by Gasteiger charge is -2.11. The highest BCUT2D eigenvalue weighted by Gasteiger charge is 2.12. The van der Waals surface area contributed by atoms with Crippen LogP contribution in [0.15, 0.2) is 60.7 Å². The zero-order valence-electron chi connectivity index (χ0n) is 16.6. The number of fused-ring (bicyclic) bond motifs is 1. The summed E-state index contributed by atoms with van der Waals surface area (Å²) in [4.78, 5) is 35.4. The number of amides is 1. The Bertz CT molecular complexity index is 1090. The van der Waals surface area contributed by atoms with Crippen molar-refractivity contribution in [3.8, 4) is 11.5 Å². The van der Waals surface area contributed by atoms with Crippen molar-refractivity contribution in [3.05, 3.63) is 66.2 Å². The van der Waals surface area contributed by atoms with Gasteiger partial charge in [0, 0.05) is 11.3 Å². The molecule has 0 aliphatic heterocycles. The molecule has 0 aliphatic carbocycles. The Morgan fingerprint density at radius 3 is 2.37 bits per heavy atom. The number of Topliss-reactive ketones (excluding diaryl/α,β-unsaturated/α-hetero) is 1. The highest BCUT2D eigenvalue weighted by atomic mass is 16.6. The van der Waals surface area contributed by atoms with E-state index in [0.29, 0.717) is 22.7 Å². The van der Waals surface area contributed by atoms with Gasteiger partial charge in [-0.25, -0.2) is 4.79 Å². The summed E-state index contributed by atoms with van der Waals surface area (Å²) in [5, 5.41) is 4.74. The molecule has 3 rings (SSSR count). The van der Waals surface area contributed by atoms with E-state index < -0.39 is 25.1 Å². The first-order valence-corrected chi connectivity index (χ1v) is 9.22. The third-order valence-electron chi connectivity index (χ3n) is 4.31. The summed E-state index contributed by atoms with van der Waals surface area (Å²) in [6.07, 6.45) is 0. The number of hydrogen-bond acceptors (Lipinski definition) is 6. The van der Waals surface area contributed by atoms with Crippen LogP contribution in [0, 0.1) is 0 Å². The van der Waals surface area contributed by atoms with E-state index in [4.69, 9.17) is 14.2 Å². The highest BCUT2D eigenvalue weighted by Crippen LogP contribution is 2.28. The van der Waals surface area contributed by atoms with Crippen LogP contribution in [0.25, 0.3) is 10.8 Å². The Morgan fingerprint density at radius 1 is 0.867 bits per heavy atom. The van der Waals surface area contributed by atoms with Gasteiger partial charge < -0.3 is 19.5 Å². The lowest BCUT2D eigenvalue weighted by molar-refractivity contribution is -0.149. The molecule has 0 saturated heterocycles. The quantitative estimate of drug-likeness (QED) is 0.453. The molecule has 0 aliphatic rings. The summed E-state index contributed by atoms with van der Waals surface area (Å²) in [5.41, 5.74) is 1.08. The van der Waals surface area contributed by atoms with Crippen LogP contribution in [0.1, 0.15) is 17.3 Å². The fourth-order valence-corrected chi connectivity index (χ4v) is 2.79. The molecule has 0 heterocycles. The van der Waals surface area contributed by atoms with Gasteiger partial charge in [0.05, 0.1) is 7.11 Å². The standard InChI is InChI=1S/C23H21NO6/c1-15(25)17-8-10-20(21(12-17)28-2)29-14-23(27)30-13-22(26)24-19-9-7-16-5-3-4-6-18(16)11-19/h3-12H,13-14H2,1-2H3,(H,24,26). The largest absolute Gasteiger partial charge is 0.493 e. The van der Waals surface area contributed by atoms with Crippen molar-refractivity contribution < 1.29 is 28.6 Å². The van der Waals surface area contributed by atoms with Gasteiger partial charge in [0.1, 0.15) is 0 Å². The highest BCUT2D eigenvalue weighted by molar-refractivity contribution is 5.96. The molecule has 7 nitrogen and oxygen atoms in total. The van der Waals surface area contributed by atoms with Gasteiger partial charge in [-0.05, 0) is 48.0 Å². The molecule has 154 valence electrons. The molecule has 0 spiro atoms. The second-order valence-electron chi connectivity index (χ2n) is 6.48. The van der Waals surface area contributed by atoms with Crippen LogP contribution in [-0.2, 0) is 14.3 Å². The normalized spacial score (nSPS) is 10.3. The Kier molecular flexibility index (Phi) is 6.64. The van der Waals surface area contributed by atoms with Crippen LogP contribution in [0.2, 0.25) is 0 Å². The Hall–Kier alpha value is -3.87. The lowest BCUT2D eigenvalue weighted by atomic mass is 10.1. The maximum Gasteiger partial charge on any atom is 0.344 e. The smallest absolute Gasteiger partial charge is 0.344 e. The van der Waals surface area contributed by atoms with Crippen LogP contribution >= 0.6 is 0 Å². The number of hydrogen-bond donors (Lipinski definition) is 1. The molecular weight excluding hydrogens is 386 g/mol. The number of anilines is 1. The van der Waals surface area contributed by atoms with Gasteiger partial charge in [0.2, 0.25) is 0 Å². The van der Waals surface area contributed by atoms with Gasteiger partial charge in [0.25, 0.3) is 5.91 Å². The first-order chi connectivity index (χ1) is 14.5. The first kappa shape index (κ1) is 20.9. The first-order valence-electron chi connectivity index (χ1n) is 9.22. The van der Waals surface area contributed by atoms with E-state index in [1.807, 2.05) is 36.4 Å². The van der Waals surface area contributed by atoms with Crippen LogP contribution in [-0.4, -0.2) is 38.0 Å². The van der Waals surface area contributed by atoms with Gasteiger partial charge in [-0.2, -0.15) is 0 Å². The topological polar surface area (TPSA) is 90.9 Å². The van der Waals surface area contributed by atoms with E-state index in [1.165, 1.54) is 26.2 Å². The molecule has 1 N–H and O–H groups in total. The second kappa shape index (κ2) is 9.56. The fraction of sp³-hybridized carbons (Fsp3) is 0.174. The number of benzene rings is 3. The molecule has 7 heteroatoms. The summed E-state index contributed by atoms with van der Waals surface area (Å²) >= 11 is 0. The fourth-order valence-electron chi connectivity index (χ4n) is 2.79. The molecule has 0 radical (unpaired) electrons. The molecule has 0 fully saturated rings. The van der Waals surface area contributed by atoms with Gasteiger partial charge in [-0.3, -0.25) is 9.59 Å². The van der Waals surface area contributed by atoms with Crippen molar-refractivity contribution in [2.24, 2.45) is 0 Å². The van der Waals surface area contributed by atoms with Crippen molar-refractivity contribution in [2.75, 3.05) is 25.6 Å². The second-order valence-corrected chi connectivity index (χ2v) is 6.48. The number of ether oxygens (including phenoxy) is 3. The zero-order chi connectivity index (χ0) is 21.5. The van der Waals surface area contributed by atoms with Crippen molar-refractivity contribution in [2.45, 2.75) is 6.92 Å². The van der Waals surface area contributed by atoms with Gasteiger partial charge in [-0.15, -0.1) is 0 Å². The van der Waals surface area contributed by atoms with Crippen molar-refractivity contribution in [3.63, 3.8) is 0 Å². The van der Waals surface area contributed by atoms with Crippen LogP contribution in [0.4, 0.5) is 5.69 Å². The molecule has 0 unspecified atom stereocenters. The summed E-state index contributed by atoms with van der Waals surface area (Å²) in [6, 6.07) is 17.9. The summed E-state index contributed by atoms with van der Waals surface area (Å²) in [5.74, 6) is -0.662. The van der Waals surface area contributed by atoms with Crippen LogP contribution in [0.5, 0.6) is 11.5 Å². The Labute approximate surface area is 173 Å². The number of esters is 1. The molecule has 0 atom stereocenters. The van der Waals surface area contributed by atoms with E-state index in [9.17, 15) is 14.4 Å². The lowest BCUT2D eigenvalue weighted by Crippen LogP contribution is -2.23. The third kappa shape index (κ3) is 5.35. The molecule has 3 aromatic rings. The number of carbonyl (C=O) groups excluding carboxylic acids is 3. The number of nitrogens with one attached hydrogen (secondary N) is 1. The maximum atomic E-state index is 12.0. The van der Waals surface area contributed by atoms with Gasteiger partial charge in [-0.1, -0.05) is 30.3 Å². The number of carbonyl (C=O) groups is 3. The van der Waals surface area contributed by atoms with E-state index in [0.717, 1.165) is 10.8 Å². The minimum Gasteiger partial charge on any atom is -0.493 e. The monoisotopic (exact) mass is 407 g/mol. The average molecular weight is 407 g/mol. The molecular formula is C23H21NO6. The van der Waals surface area contributed by atoms with Crippen molar-refractivity contribution in [1.29, 1.82) is 0 Å². The molecule has 30 heavy (non-hydrogen) atoms. The molecule has 0 bridgehead atoms. The molecule has 1 amide bonds. The third-order valence-corrected chi connectivity index (χ3v) is 4.31. The van der Waals surface area contributed by atoms with E-state index in [2.05, 4.69) is 5.32 Å². The average Bonchev–Trinajstić information content (AvgIpc) is 2.76. The van der Waals surface area contributed by atoms with E-state index in [1.54, 1.807) is 12.1 Å². The van der Waals surface area contributed by atoms with Gasteiger partial charge >= 0.3 is 5.97 Å². The SMILES string of the molecule is COc1cc(C(C)=O)ccc1OCC(=O)OCC(=O)Nc1ccc2ccccc2c1. The van der Waals surface area contributed by atoms with Crippen molar-refractivity contribution >= 4 is 34.1 Å². The van der Waals surface area contributed by atoms with Gasteiger partial charge in [0.15, 0.2) is 30.5 Å². The Balaban J connectivity index is 1.49. The van der Waals surface area contributed by atoms with Crippen molar-refractivity contribution in [1.82, 2.24) is 0 Å². The zero-order valence-corrected chi connectivity index (χ0v) is 16.6. The summed E-state index contributed by atoms with van der Waals surface area (Å²) in [6.45, 7) is 0.601. The molecule has 0 saturated carbocycles. The minimum absolute atomic E-state index is 0.114. The maximum absolute atomic E-state index is 12.0. The predicted molar refractivity (Wildman–Crippen MR) is 112 cm³/mol. The number of methoxy groups -OCH3 is 1. The van der Waals surface area contributed by atoms with E-state index in [-0.39, 0.29) is 5.78 Å². The van der Waals surface area contributed by atoms with Crippen LogP contribution in [0.3, 0.4) is 0 Å². The van der Waals surface area contributed by atoms with E-state index >= 15 is 0 Å². The number of ketones is 1. The summed E-state index contributed by atoms with van der Waals surface area (Å²) < 4.78 is 15.5. The molecule has 0 aromatic heterocycles. The van der Waals surface area contributed by atoms with Crippen LogP contribution < -0.4 is 14.8 Å². The predicted octanol–water partition coefficient (Wildman–Crippen LogP) is 3.61. The summed E-state index contributed by atoms with van der Waals surface area (Å²) in [7, 11) is 1.43. The molecule has 3 aromatic carbocycles. The minimum atomic E-state index is -0.707. The Morgan fingerprint density at radius 2 is 1.63 bits per heavy atom.